The van der Waals surface area contributed by atoms with Gasteiger partial charge in [-0.3, -0.25) is 4.98 Å². The van der Waals surface area contributed by atoms with Gasteiger partial charge in [-0.15, -0.1) is 0 Å². The molecule has 0 aliphatic carbocycles. The Morgan fingerprint density at radius 2 is 1.94 bits per heavy atom. The van der Waals surface area contributed by atoms with Crippen molar-refractivity contribution in [2.45, 2.75) is 13.0 Å². The lowest BCUT2D eigenvalue weighted by Crippen LogP contribution is -2.06. The fraction of sp³-hybridized carbons (Fsp3) is 0.583. The first-order valence-corrected chi connectivity index (χ1v) is 6.36. The van der Waals surface area contributed by atoms with E-state index in [1.807, 2.05) is 6.07 Å². The van der Waals surface area contributed by atoms with Gasteiger partial charge in [-0.1, -0.05) is 0 Å². The molecule has 1 aromatic rings. The maximum Gasteiger partial charge on any atom is 0.0733 e. The predicted octanol–water partition coefficient (Wildman–Crippen LogP) is 2.41. The molecule has 0 N–H and O–H groups in total. The highest BCUT2D eigenvalue weighted by molar-refractivity contribution is 9.10. The van der Waals surface area contributed by atoms with E-state index in [0.29, 0.717) is 19.8 Å². The minimum Gasteiger partial charge on any atom is -0.385 e. The zero-order chi connectivity index (χ0) is 12.3. The molecule has 1 heterocycles. The van der Waals surface area contributed by atoms with Crippen LogP contribution in [0.2, 0.25) is 0 Å². The van der Waals surface area contributed by atoms with Gasteiger partial charge in [-0.2, -0.15) is 0 Å². The topological polar surface area (TPSA) is 40.6 Å². The second kappa shape index (κ2) is 9.53. The van der Waals surface area contributed by atoms with Crippen LogP contribution in [-0.4, -0.2) is 38.5 Å². The Bertz CT molecular complexity index is 310. The summed E-state index contributed by atoms with van der Waals surface area (Å²) in [6.07, 6.45) is 4.47. The zero-order valence-electron chi connectivity index (χ0n) is 10.0. The Morgan fingerprint density at radius 1 is 1.12 bits per heavy atom. The molecule has 0 aliphatic rings. The molecule has 1 rings (SSSR count). The molecular weight excluding hydrogens is 286 g/mol. The molecule has 0 spiro atoms. The Morgan fingerprint density at radius 3 is 2.71 bits per heavy atom. The third kappa shape index (κ3) is 7.44. The van der Waals surface area contributed by atoms with Gasteiger partial charge >= 0.3 is 0 Å². The van der Waals surface area contributed by atoms with Gasteiger partial charge in [0.15, 0.2) is 0 Å². The van der Waals surface area contributed by atoms with Crippen molar-refractivity contribution in [3.05, 3.63) is 28.5 Å². The molecule has 0 aliphatic heterocycles. The number of ether oxygens (including phenoxy) is 3. The van der Waals surface area contributed by atoms with Crippen molar-refractivity contribution in [2.24, 2.45) is 0 Å². The second-order valence-electron chi connectivity index (χ2n) is 3.52. The van der Waals surface area contributed by atoms with Gasteiger partial charge in [-0.25, -0.2) is 0 Å². The summed E-state index contributed by atoms with van der Waals surface area (Å²) in [6, 6.07) is 1.99. The maximum atomic E-state index is 5.46. The van der Waals surface area contributed by atoms with Gasteiger partial charge in [0.05, 0.1) is 19.8 Å². The number of halogens is 1. The fourth-order valence-electron chi connectivity index (χ4n) is 1.25. The van der Waals surface area contributed by atoms with E-state index in [0.717, 1.165) is 29.7 Å². The van der Waals surface area contributed by atoms with Crippen molar-refractivity contribution in [3.8, 4) is 0 Å². The molecule has 0 atom stereocenters. The van der Waals surface area contributed by atoms with Crippen LogP contribution in [-0.2, 0) is 20.8 Å². The molecule has 0 saturated heterocycles. The Balaban J connectivity index is 1.97. The highest BCUT2D eigenvalue weighted by Crippen LogP contribution is 2.10. The van der Waals surface area contributed by atoms with Crippen molar-refractivity contribution in [2.75, 3.05) is 33.5 Å². The highest BCUT2D eigenvalue weighted by Gasteiger charge is 1.95. The minimum absolute atomic E-state index is 0.563. The summed E-state index contributed by atoms with van der Waals surface area (Å²) < 4.78 is 16.7. The first-order chi connectivity index (χ1) is 8.33. The molecule has 0 saturated carbocycles. The van der Waals surface area contributed by atoms with Gasteiger partial charge in [0, 0.05) is 37.2 Å². The van der Waals surface area contributed by atoms with E-state index in [9.17, 15) is 0 Å². The highest BCUT2D eigenvalue weighted by atomic mass is 79.9. The average Bonchev–Trinajstić information content (AvgIpc) is 2.33. The predicted molar refractivity (Wildman–Crippen MR) is 68.9 cm³/mol. The summed E-state index contributed by atoms with van der Waals surface area (Å²) in [4.78, 5) is 4.06. The summed E-state index contributed by atoms with van der Waals surface area (Å²) >= 11 is 3.37. The third-order valence-electron chi connectivity index (χ3n) is 2.04. The molecule has 4 nitrogen and oxygen atoms in total. The largest absolute Gasteiger partial charge is 0.385 e. The molecule has 0 amide bonds. The summed E-state index contributed by atoms with van der Waals surface area (Å²) in [6.45, 7) is 3.23. The lowest BCUT2D eigenvalue weighted by Gasteiger charge is -2.05. The Labute approximate surface area is 110 Å². The molecule has 0 bridgehead atoms. The normalized spacial score (nSPS) is 10.7. The number of hydrogen-bond donors (Lipinski definition) is 0. The Kier molecular flexibility index (Phi) is 8.17. The van der Waals surface area contributed by atoms with E-state index in [1.165, 1.54) is 0 Å². The number of nitrogens with zero attached hydrogens (tertiary/aromatic N) is 1. The minimum atomic E-state index is 0.563. The average molecular weight is 304 g/mol. The summed E-state index contributed by atoms with van der Waals surface area (Å²) in [5.41, 5.74) is 1.05. The van der Waals surface area contributed by atoms with E-state index in [2.05, 4.69) is 20.9 Å². The van der Waals surface area contributed by atoms with Crippen LogP contribution >= 0.6 is 15.9 Å². The van der Waals surface area contributed by atoms with E-state index in [1.54, 1.807) is 19.5 Å². The van der Waals surface area contributed by atoms with Crippen LogP contribution in [0.4, 0.5) is 0 Å². The molecule has 0 unspecified atom stereocenters. The lowest BCUT2D eigenvalue weighted by atomic mass is 10.3. The molecule has 17 heavy (non-hydrogen) atoms. The van der Waals surface area contributed by atoms with Crippen molar-refractivity contribution < 1.29 is 14.2 Å². The Hall–Kier alpha value is -0.490. The quantitative estimate of drug-likeness (QED) is 0.657. The summed E-state index contributed by atoms with van der Waals surface area (Å²) in [7, 11) is 1.69. The van der Waals surface area contributed by atoms with Crippen LogP contribution in [0.3, 0.4) is 0 Å². The second-order valence-corrected chi connectivity index (χ2v) is 4.44. The first kappa shape index (κ1) is 14.6. The maximum absolute atomic E-state index is 5.46. The van der Waals surface area contributed by atoms with Crippen molar-refractivity contribution in [3.63, 3.8) is 0 Å². The van der Waals surface area contributed by atoms with Gasteiger partial charge in [0.2, 0.25) is 0 Å². The number of hydrogen-bond acceptors (Lipinski definition) is 4. The van der Waals surface area contributed by atoms with Crippen LogP contribution in [0.15, 0.2) is 22.9 Å². The van der Waals surface area contributed by atoms with Crippen LogP contribution in [0.25, 0.3) is 0 Å². The van der Waals surface area contributed by atoms with Crippen molar-refractivity contribution in [1.82, 2.24) is 4.98 Å². The molecule has 96 valence electrons. The number of pyridine rings is 1. The summed E-state index contributed by atoms with van der Waals surface area (Å²) in [5.74, 6) is 0. The van der Waals surface area contributed by atoms with Crippen LogP contribution in [0.5, 0.6) is 0 Å². The molecule has 5 heteroatoms. The number of aromatic nitrogens is 1. The SMILES string of the molecule is COCCCOCCOCc1cncc(Br)c1. The van der Waals surface area contributed by atoms with E-state index in [4.69, 9.17) is 14.2 Å². The first-order valence-electron chi connectivity index (χ1n) is 5.57. The van der Waals surface area contributed by atoms with E-state index in [-0.39, 0.29) is 0 Å². The van der Waals surface area contributed by atoms with Crippen molar-refractivity contribution >= 4 is 15.9 Å². The van der Waals surface area contributed by atoms with Gasteiger partial charge < -0.3 is 14.2 Å². The molecule has 0 fully saturated rings. The van der Waals surface area contributed by atoms with E-state index >= 15 is 0 Å². The van der Waals surface area contributed by atoms with Gasteiger partial charge in [0.25, 0.3) is 0 Å². The monoisotopic (exact) mass is 303 g/mol. The molecule has 0 radical (unpaired) electrons. The fourth-order valence-corrected chi connectivity index (χ4v) is 1.66. The standard InChI is InChI=1S/C12H18BrNO3/c1-15-3-2-4-16-5-6-17-10-11-7-12(13)9-14-8-11/h7-9H,2-6,10H2,1H3. The molecule has 0 aromatic carbocycles. The molecular formula is C12H18BrNO3. The van der Waals surface area contributed by atoms with Crippen LogP contribution < -0.4 is 0 Å². The van der Waals surface area contributed by atoms with Gasteiger partial charge in [-0.05, 0) is 34.0 Å². The van der Waals surface area contributed by atoms with Crippen LogP contribution in [0, 0.1) is 0 Å². The number of rotatable bonds is 9. The number of methoxy groups -OCH3 is 1. The van der Waals surface area contributed by atoms with Crippen molar-refractivity contribution in [1.29, 1.82) is 0 Å². The smallest absolute Gasteiger partial charge is 0.0733 e. The zero-order valence-corrected chi connectivity index (χ0v) is 11.6. The molecule has 1 aromatic heterocycles. The van der Waals surface area contributed by atoms with Gasteiger partial charge in [0.1, 0.15) is 0 Å². The summed E-state index contributed by atoms with van der Waals surface area (Å²) in [5, 5.41) is 0. The lowest BCUT2D eigenvalue weighted by molar-refractivity contribution is 0.0336. The third-order valence-corrected chi connectivity index (χ3v) is 2.47. The van der Waals surface area contributed by atoms with E-state index < -0.39 is 0 Å². The van der Waals surface area contributed by atoms with Crippen LogP contribution in [0.1, 0.15) is 12.0 Å².